The lowest BCUT2D eigenvalue weighted by Gasteiger charge is -2.25. The molecule has 10 heteroatoms. The molecule has 0 spiro atoms. The number of esters is 2. The summed E-state index contributed by atoms with van der Waals surface area (Å²) in [7, 11) is 0. The van der Waals surface area contributed by atoms with Crippen molar-refractivity contribution in [1.82, 2.24) is 5.32 Å². The van der Waals surface area contributed by atoms with Gasteiger partial charge in [-0.15, -0.1) is 0 Å². The van der Waals surface area contributed by atoms with Crippen LogP contribution in [0, 0.1) is 0 Å². The lowest BCUT2D eigenvalue weighted by Crippen LogP contribution is -2.45. The van der Waals surface area contributed by atoms with Crippen molar-refractivity contribution >= 4 is 55.6 Å². The summed E-state index contributed by atoms with van der Waals surface area (Å²) in [5.74, 6) is -0.791. The van der Waals surface area contributed by atoms with Gasteiger partial charge < -0.3 is 24.4 Å². The van der Waals surface area contributed by atoms with Gasteiger partial charge in [-0.05, 0) is 72.2 Å². The number of amides is 1. The molecule has 1 N–H and O–H groups in total. The number of anilines is 1. The van der Waals surface area contributed by atoms with E-state index < -0.39 is 35.3 Å². The standard InChI is InChI=1S/C24H36Br2N2O6/c1-23(2,3)33-20(29)12-11-19(21(30)34-24(4,5)6)27-22(31)32-18-9-7-17(8-10-18)28(15-13-25)16-14-26/h7-10,19H,11-16H2,1-6H3,(H,27,31)/t19-/m0/s1. The predicted octanol–water partition coefficient (Wildman–Crippen LogP) is 5.20. The van der Waals surface area contributed by atoms with Crippen molar-refractivity contribution in [1.29, 1.82) is 0 Å². The Kier molecular flexibility index (Phi) is 12.4. The number of benzene rings is 1. The molecule has 0 aromatic heterocycles. The van der Waals surface area contributed by atoms with Crippen LogP contribution in [-0.4, -0.2) is 59.0 Å². The molecule has 0 fully saturated rings. The highest BCUT2D eigenvalue weighted by molar-refractivity contribution is 9.09. The fourth-order valence-electron chi connectivity index (χ4n) is 2.85. The van der Waals surface area contributed by atoms with Crippen LogP contribution in [0.3, 0.4) is 0 Å². The molecule has 0 aliphatic rings. The Hall–Kier alpha value is -1.81. The van der Waals surface area contributed by atoms with Crippen molar-refractivity contribution in [2.24, 2.45) is 0 Å². The third-order valence-electron chi connectivity index (χ3n) is 4.16. The van der Waals surface area contributed by atoms with Gasteiger partial charge in [-0.2, -0.15) is 0 Å². The van der Waals surface area contributed by atoms with Crippen molar-refractivity contribution in [3.05, 3.63) is 24.3 Å². The number of nitrogens with zero attached hydrogens (tertiary/aromatic N) is 1. The van der Waals surface area contributed by atoms with E-state index in [1.54, 1.807) is 53.7 Å². The fourth-order valence-corrected chi connectivity index (χ4v) is 3.71. The highest BCUT2D eigenvalue weighted by Crippen LogP contribution is 2.20. The van der Waals surface area contributed by atoms with Gasteiger partial charge in [0.2, 0.25) is 0 Å². The minimum Gasteiger partial charge on any atom is -0.460 e. The number of rotatable bonds is 11. The molecule has 1 aromatic carbocycles. The topological polar surface area (TPSA) is 94.2 Å². The van der Waals surface area contributed by atoms with E-state index in [1.807, 2.05) is 12.1 Å². The van der Waals surface area contributed by atoms with E-state index in [4.69, 9.17) is 14.2 Å². The molecule has 0 saturated carbocycles. The van der Waals surface area contributed by atoms with Gasteiger partial charge in [0.25, 0.3) is 0 Å². The fraction of sp³-hybridized carbons (Fsp3) is 0.625. The van der Waals surface area contributed by atoms with Crippen LogP contribution >= 0.6 is 31.9 Å². The Bertz CT molecular complexity index is 797. The van der Waals surface area contributed by atoms with E-state index in [-0.39, 0.29) is 12.8 Å². The van der Waals surface area contributed by atoms with Gasteiger partial charge in [0, 0.05) is 35.9 Å². The lowest BCUT2D eigenvalue weighted by molar-refractivity contribution is -0.158. The van der Waals surface area contributed by atoms with E-state index in [0.717, 1.165) is 29.4 Å². The Morgan fingerprint density at radius 2 is 1.44 bits per heavy atom. The smallest absolute Gasteiger partial charge is 0.413 e. The van der Waals surface area contributed by atoms with Crippen LogP contribution < -0.4 is 15.0 Å². The summed E-state index contributed by atoms with van der Waals surface area (Å²) >= 11 is 6.90. The molecular formula is C24H36Br2N2O6. The average Bonchev–Trinajstić information content (AvgIpc) is 2.69. The largest absolute Gasteiger partial charge is 0.460 e. The zero-order valence-corrected chi connectivity index (χ0v) is 24.0. The Morgan fingerprint density at radius 1 is 0.912 bits per heavy atom. The van der Waals surface area contributed by atoms with E-state index in [9.17, 15) is 14.4 Å². The molecule has 0 bridgehead atoms. The molecule has 8 nitrogen and oxygen atoms in total. The van der Waals surface area contributed by atoms with Gasteiger partial charge >= 0.3 is 18.0 Å². The molecule has 192 valence electrons. The van der Waals surface area contributed by atoms with Crippen LogP contribution in [0.15, 0.2) is 24.3 Å². The van der Waals surface area contributed by atoms with E-state index >= 15 is 0 Å². The normalized spacial score (nSPS) is 12.5. The van der Waals surface area contributed by atoms with Crippen molar-refractivity contribution in [2.75, 3.05) is 28.6 Å². The lowest BCUT2D eigenvalue weighted by atomic mass is 10.1. The maximum Gasteiger partial charge on any atom is 0.413 e. The van der Waals surface area contributed by atoms with Gasteiger partial charge in [0.15, 0.2) is 0 Å². The highest BCUT2D eigenvalue weighted by Gasteiger charge is 2.29. The number of carbonyl (C=O) groups excluding carboxylic acids is 3. The molecule has 0 aliphatic heterocycles. The quantitative estimate of drug-likeness (QED) is 0.273. The molecule has 1 aromatic rings. The van der Waals surface area contributed by atoms with Crippen LogP contribution in [-0.2, 0) is 19.1 Å². The highest BCUT2D eigenvalue weighted by atomic mass is 79.9. The van der Waals surface area contributed by atoms with Crippen LogP contribution in [0.25, 0.3) is 0 Å². The van der Waals surface area contributed by atoms with Crippen molar-refractivity contribution in [3.8, 4) is 5.75 Å². The Balaban J connectivity index is 2.82. The number of alkyl halides is 2. The van der Waals surface area contributed by atoms with Gasteiger partial charge in [-0.1, -0.05) is 31.9 Å². The van der Waals surface area contributed by atoms with Crippen LogP contribution in [0.4, 0.5) is 10.5 Å². The Morgan fingerprint density at radius 3 is 1.91 bits per heavy atom. The molecule has 1 amide bonds. The number of hydrogen-bond donors (Lipinski definition) is 1. The first-order valence-corrected chi connectivity index (χ1v) is 13.4. The van der Waals surface area contributed by atoms with E-state index in [0.29, 0.717) is 5.75 Å². The number of halogens is 2. The van der Waals surface area contributed by atoms with Crippen molar-refractivity contribution < 1.29 is 28.6 Å². The second-order valence-electron chi connectivity index (χ2n) is 9.60. The van der Waals surface area contributed by atoms with Gasteiger partial charge in [0.1, 0.15) is 23.0 Å². The summed E-state index contributed by atoms with van der Waals surface area (Å²) in [4.78, 5) is 39.4. The zero-order chi connectivity index (χ0) is 25.9. The second kappa shape index (κ2) is 13.9. The number of nitrogens with one attached hydrogen (secondary N) is 1. The van der Waals surface area contributed by atoms with Gasteiger partial charge in [-0.3, -0.25) is 4.79 Å². The number of hydrogen-bond acceptors (Lipinski definition) is 7. The molecule has 34 heavy (non-hydrogen) atoms. The van der Waals surface area contributed by atoms with Crippen molar-refractivity contribution in [2.45, 2.75) is 71.6 Å². The maximum absolute atomic E-state index is 12.6. The number of ether oxygens (including phenoxy) is 3. The molecule has 0 unspecified atom stereocenters. The second-order valence-corrected chi connectivity index (χ2v) is 11.2. The zero-order valence-electron chi connectivity index (χ0n) is 20.8. The first-order valence-electron chi connectivity index (χ1n) is 11.1. The van der Waals surface area contributed by atoms with Gasteiger partial charge in [0.05, 0.1) is 0 Å². The first kappa shape index (κ1) is 30.2. The van der Waals surface area contributed by atoms with Crippen LogP contribution in [0.2, 0.25) is 0 Å². The van der Waals surface area contributed by atoms with E-state index in [1.165, 1.54) is 0 Å². The summed E-state index contributed by atoms with van der Waals surface area (Å²) < 4.78 is 16.0. The minimum atomic E-state index is -1.06. The SMILES string of the molecule is CC(C)(C)OC(=O)CC[C@H](NC(=O)Oc1ccc(N(CCBr)CCBr)cc1)C(=O)OC(C)(C)C. The molecule has 1 atom stereocenters. The Labute approximate surface area is 219 Å². The minimum absolute atomic E-state index is 0.0198. The number of carbonyl (C=O) groups is 3. The molecule has 0 saturated heterocycles. The molecule has 0 radical (unpaired) electrons. The average molecular weight is 608 g/mol. The summed E-state index contributed by atoms with van der Waals surface area (Å²) in [6, 6.07) is 6.04. The summed E-state index contributed by atoms with van der Waals surface area (Å²) in [5, 5.41) is 4.18. The summed E-state index contributed by atoms with van der Waals surface area (Å²) in [6.45, 7) is 12.1. The maximum atomic E-state index is 12.6. The first-order chi connectivity index (χ1) is 15.7. The summed E-state index contributed by atoms with van der Waals surface area (Å²) in [5.41, 5.74) is -0.398. The monoisotopic (exact) mass is 606 g/mol. The van der Waals surface area contributed by atoms with Gasteiger partial charge in [-0.25, -0.2) is 9.59 Å². The molecule has 0 heterocycles. The van der Waals surface area contributed by atoms with Crippen LogP contribution in [0.5, 0.6) is 5.75 Å². The van der Waals surface area contributed by atoms with Crippen molar-refractivity contribution in [3.63, 3.8) is 0 Å². The van der Waals surface area contributed by atoms with Crippen LogP contribution in [0.1, 0.15) is 54.4 Å². The third kappa shape index (κ3) is 12.6. The molecule has 1 rings (SSSR count). The van der Waals surface area contributed by atoms with E-state index in [2.05, 4.69) is 42.1 Å². The summed E-state index contributed by atoms with van der Waals surface area (Å²) in [6.07, 6.45) is -0.857. The third-order valence-corrected chi connectivity index (χ3v) is 4.87. The molecular weight excluding hydrogens is 572 g/mol. The predicted molar refractivity (Wildman–Crippen MR) is 140 cm³/mol. The molecule has 0 aliphatic carbocycles.